The number of rotatable bonds is 2. The van der Waals surface area contributed by atoms with Crippen LogP contribution in [0.15, 0.2) is 18.3 Å². The number of carbonyl (C=O) groups is 1. The zero-order valence-corrected chi connectivity index (χ0v) is 9.33. The second-order valence-electron chi connectivity index (χ2n) is 3.95. The number of esters is 1. The molecule has 0 aromatic carbocycles. The number of ether oxygens (including phenoxy) is 1. The van der Waals surface area contributed by atoms with E-state index in [0.29, 0.717) is 19.0 Å². The van der Waals surface area contributed by atoms with Gasteiger partial charge in [-0.3, -0.25) is 4.98 Å². The van der Waals surface area contributed by atoms with E-state index in [1.807, 2.05) is 0 Å². The summed E-state index contributed by atoms with van der Waals surface area (Å²) in [5.41, 5.74) is -1.23. The van der Waals surface area contributed by atoms with Crippen LogP contribution in [0.2, 0.25) is 0 Å². The van der Waals surface area contributed by atoms with Gasteiger partial charge in [0, 0.05) is 12.7 Å². The molecule has 1 aromatic rings. The minimum absolute atomic E-state index is 0.135. The van der Waals surface area contributed by atoms with Gasteiger partial charge in [0.2, 0.25) is 0 Å². The lowest BCUT2D eigenvalue weighted by Gasteiger charge is -2.11. The van der Waals surface area contributed by atoms with Crippen LogP contribution >= 0.6 is 0 Å². The van der Waals surface area contributed by atoms with Gasteiger partial charge >= 0.3 is 12.1 Å². The Morgan fingerprint density at radius 3 is 2.89 bits per heavy atom. The molecule has 1 atom stereocenters. The Labute approximate surface area is 101 Å². The van der Waals surface area contributed by atoms with Crippen LogP contribution in [-0.4, -0.2) is 30.1 Å². The van der Waals surface area contributed by atoms with E-state index in [-0.39, 0.29) is 11.7 Å². The SMILES string of the molecule is O=C(OC1CCNC1)c1ccnc(C(F)(F)F)c1. The van der Waals surface area contributed by atoms with Crippen LogP contribution in [0.3, 0.4) is 0 Å². The van der Waals surface area contributed by atoms with Crippen LogP contribution in [0.1, 0.15) is 22.5 Å². The maximum absolute atomic E-state index is 12.4. The maximum Gasteiger partial charge on any atom is 0.433 e. The highest BCUT2D eigenvalue weighted by atomic mass is 19.4. The molecule has 98 valence electrons. The number of aromatic nitrogens is 1. The Hall–Kier alpha value is -1.63. The van der Waals surface area contributed by atoms with Gasteiger partial charge in [-0.1, -0.05) is 0 Å². The fourth-order valence-electron chi connectivity index (χ4n) is 1.66. The van der Waals surface area contributed by atoms with Gasteiger partial charge in [-0.2, -0.15) is 13.2 Å². The van der Waals surface area contributed by atoms with Crippen molar-refractivity contribution in [3.63, 3.8) is 0 Å². The summed E-state index contributed by atoms with van der Waals surface area (Å²) in [7, 11) is 0. The van der Waals surface area contributed by atoms with Crippen molar-refractivity contribution in [3.8, 4) is 0 Å². The zero-order valence-electron chi connectivity index (χ0n) is 9.33. The van der Waals surface area contributed by atoms with Crippen molar-refractivity contribution in [1.29, 1.82) is 0 Å². The summed E-state index contributed by atoms with van der Waals surface area (Å²) in [6, 6.07) is 1.91. The van der Waals surface area contributed by atoms with E-state index in [0.717, 1.165) is 12.7 Å². The van der Waals surface area contributed by atoms with Gasteiger partial charge < -0.3 is 10.1 Å². The highest BCUT2D eigenvalue weighted by Crippen LogP contribution is 2.27. The number of alkyl halides is 3. The molecule has 1 N–H and O–H groups in total. The fraction of sp³-hybridized carbons (Fsp3) is 0.455. The smallest absolute Gasteiger partial charge is 0.433 e. The number of nitrogens with zero attached hydrogens (tertiary/aromatic N) is 1. The Bertz CT molecular complexity index is 442. The van der Waals surface area contributed by atoms with Crippen LogP contribution in [0, 0.1) is 0 Å². The normalized spacial score (nSPS) is 19.8. The molecular formula is C11H11F3N2O2. The van der Waals surface area contributed by atoms with Crippen molar-refractivity contribution in [2.75, 3.05) is 13.1 Å². The molecule has 1 aliphatic rings. The monoisotopic (exact) mass is 260 g/mol. The van der Waals surface area contributed by atoms with Crippen molar-refractivity contribution >= 4 is 5.97 Å². The first-order valence-corrected chi connectivity index (χ1v) is 5.42. The molecule has 1 saturated heterocycles. The van der Waals surface area contributed by atoms with Gasteiger partial charge in [0.15, 0.2) is 0 Å². The number of halogens is 3. The number of pyridine rings is 1. The maximum atomic E-state index is 12.4. The Morgan fingerprint density at radius 2 is 2.28 bits per heavy atom. The van der Waals surface area contributed by atoms with Gasteiger partial charge in [-0.25, -0.2) is 4.79 Å². The van der Waals surface area contributed by atoms with Gasteiger partial charge in [0.1, 0.15) is 11.8 Å². The molecule has 0 bridgehead atoms. The third kappa shape index (κ3) is 2.98. The third-order valence-electron chi connectivity index (χ3n) is 2.57. The third-order valence-corrected chi connectivity index (χ3v) is 2.57. The highest BCUT2D eigenvalue weighted by molar-refractivity contribution is 5.89. The molecule has 2 heterocycles. The molecule has 0 radical (unpaired) electrons. The average Bonchev–Trinajstić information content (AvgIpc) is 2.81. The molecule has 0 spiro atoms. The average molecular weight is 260 g/mol. The molecule has 1 unspecified atom stereocenters. The lowest BCUT2D eigenvalue weighted by atomic mass is 10.2. The van der Waals surface area contributed by atoms with Crippen LogP contribution < -0.4 is 5.32 Å². The van der Waals surface area contributed by atoms with Gasteiger partial charge in [0.05, 0.1) is 5.56 Å². The molecule has 0 aliphatic carbocycles. The van der Waals surface area contributed by atoms with Crippen molar-refractivity contribution < 1.29 is 22.7 Å². The molecule has 18 heavy (non-hydrogen) atoms. The first kappa shape index (κ1) is 12.8. The molecular weight excluding hydrogens is 249 g/mol. The van der Waals surface area contributed by atoms with Crippen LogP contribution in [0.5, 0.6) is 0 Å². The predicted molar refractivity (Wildman–Crippen MR) is 55.9 cm³/mol. The van der Waals surface area contributed by atoms with E-state index in [1.165, 1.54) is 6.07 Å². The Morgan fingerprint density at radius 1 is 1.50 bits per heavy atom. The van der Waals surface area contributed by atoms with E-state index < -0.39 is 17.8 Å². The summed E-state index contributed by atoms with van der Waals surface area (Å²) < 4.78 is 42.3. The number of hydrogen-bond donors (Lipinski definition) is 1. The van der Waals surface area contributed by atoms with Crippen LogP contribution in [0.4, 0.5) is 13.2 Å². The Kier molecular flexibility index (Phi) is 3.51. The van der Waals surface area contributed by atoms with E-state index in [9.17, 15) is 18.0 Å². The molecule has 1 fully saturated rings. The van der Waals surface area contributed by atoms with E-state index in [1.54, 1.807) is 0 Å². The second-order valence-corrected chi connectivity index (χ2v) is 3.95. The summed E-state index contributed by atoms with van der Waals surface area (Å²) in [6.07, 6.45) is -3.22. The largest absolute Gasteiger partial charge is 0.457 e. The summed E-state index contributed by atoms with van der Waals surface area (Å²) >= 11 is 0. The fourth-order valence-corrected chi connectivity index (χ4v) is 1.66. The van der Waals surface area contributed by atoms with Gasteiger partial charge in [-0.05, 0) is 25.1 Å². The minimum atomic E-state index is -4.56. The van der Waals surface area contributed by atoms with Gasteiger partial charge in [-0.15, -0.1) is 0 Å². The topological polar surface area (TPSA) is 51.2 Å². The molecule has 1 aliphatic heterocycles. The molecule has 4 nitrogen and oxygen atoms in total. The number of nitrogens with one attached hydrogen (secondary N) is 1. The zero-order chi connectivity index (χ0) is 13.2. The van der Waals surface area contributed by atoms with Gasteiger partial charge in [0.25, 0.3) is 0 Å². The lowest BCUT2D eigenvalue weighted by Crippen LogP contribution is -2.21. The van der Waals surface area contributed by atoms with E-state index in [4.69, 9.17) is 4.74 Å². The molecule has 0 saturated carbocycles. The van der Waals surface area contributed by atoms with Crippen molar-refractivity contribution in [2.24, 2.45) is 0 Å². The van der Waals surface area contributed by atoms with Crippen molar-refractivity contribution in [2.45, 2.75) is 18.7 Å². The van der Waals surface area contributed by atoms with Crippen LogP contribution in [-0.2, 0) is 10.9 Å². The van der Waals surface area contributed by atoms with Crippen LogP contribution in [0.25, 0.3) is 0 Å². The molecule has 7 heteroatoms. The molecule has 0 amide bonds. The molecule has 2 rings (SSSR count). The number of carbonyl (C=O) groups excluding carboxylic acids is 1. The summed E-state index contributed by atoms with van der Waals surface area (Å²) in [6.45, 7) is 1.27. The predicted octanol–water partition coefficient (Wildman–Crippen LogP) is 1.62. The highest BCUT2D eigenvalue weighted by Gasteiger charge is 2.33. The summed E-state index contributed by atoms with van der Waals surface area (Å²) in [5.74, 6) is -0.753. The minimum Gasteiger partial charge on any atom is -0.457 e. The standard InChI is InChI=1S/C11H11F3N2O2/c12-11(13,14)9-5-7(1-4-16-9)10(17)18-8-2-3-15-6-8/h1,4-5,8,15H,2-3,6H2. The van der Waals surface area contributed by atoms with Crippen molar-refractivity contribution in [3.05, 3.63) is 29.6 Å². The first-order chi connectivity index (χ1) is 8.47. The van der Waals surface area contributed by atoms with Crippen molar-refractivity contribution in [1.82, 2.24) is 10.3 Å². The Balaban J connectivity index is 2.10. The quantitative estimate of drug-likeness (QED) is 0.821. The first-order valence-electron chi connectivity index (χ1n) is 5.42. The summed E-state index contributed by atoms with van der Waals surface area (Å²) in [5, 5.41) is 3.00. The second kappa shape index (κ2) is 4.93. The lowest BCUT2D eigenvalue weighted by molar-refractivity contribution is -0.141. The summed E-state index contributed by atoms with van der Waals surface area (Å²) in [4.78, 5) is 14.8. The molecule has 1 aromatic heterocycles. The van der Waals surface area contributed by atoms with E-state index in [2.05, 4.69) is 10.3 Å². The van der Waals surface area contributed by atoms with E-state index >= 15 is 0 Å². The number of hydrogen-bond acceptors (Lipinski definition) is 4.